The lowest BCUT2D eigenvalue weighted by Gasteiger charge is -2.07. The highest BCUT2D eigenvalue weighted by Gasteiger charge is 2.06. The predicted octanol–water partition coefficient (Wildman–Crippen LogP) is 1.96. The van der Waals surface area contributed by atoms with Gasteiger partial charge in [-0.3, -0.25) is 4.79 Å². The van der Waals surface area contributed by atoms with Gasteiger partial charge in [0.05, 0.1) is 6.61 Å². The van der Waals surface area contributed by atoms with Gasteiger partial charge in [-0.15, -0.1) is 0 Å². The maximum absolute atomic E-state index is 13.0. The van der Waals surface area contributed by atoms with Crippen molar-refractivity contribution in [3.8, 4) is 5.75 Å². The van der Waals surface area contributed by atoms with Crippen LogP contribution in [-0.2, 0) is 16.1 Å². The maximum Gasteiger partial charge on any atom is 0.305 e. The quantitative estimate of drug-likeness (QED) is 0.577. The zero-order chi connectivity index (χ0) is 13.4. The van der Waals surface area contributed by atoms with Crippen molar-refractivity contribution in [2.45, 2.75) is 26.3 Å². The van der Waals surface area contributed by atoms with Crippen molar-refractivity contribution >= 4 is 5.97 Å². The van der Waals surface area contributed by atoms with Crippen LogP contribution in [0.1, 0.15) is 25.3 Å². The van der Waals surface area contributed by atoms with E-state index in [0.717, 1.165) is 0 Å². The number of aromatic hydroxyl groups is 1. The summed E-state index contributed by atoms with van der Waals surface area (Å²) >= 11 is 0. The highest BCUT2D eigenvalue weighted by Crippen LogP contribution is 2.20. The molecule has 0 saturated carbocycles. The number of nitrogens with one attached hydrogen (secondary N) is 1. The molecule has 0 spiro atoms. The van der Waals surface area contributed by atoms with Gasteiger partial charge in [-0.2, -0.15) is 0 Å². The summed E-state index contributed by atoms with van der Waals surface area (Å²) in [7, 11) is 0. The number of phenolic OH excluding ortho intramolecular Hbond substituents is 1. The zero-order valence-electron chi connectivity index (χ0n) is 10.4. The van der Waals surface area contributed by atoms with E-state index in [1.807, 2.05) is 0 Å². The van der Waals surface area contributed by atoms with Crippen LogP contribution in [0.4, 0.5) is 4.39 Å². The average molecular weight is 255 g/mol. The number of para-hydroxylation sites is 1. The number of rotatable bonds is 7. The van der Waals surface area contributed by atoms with E-state index in [0.29, 0.717) is 38.1 Å². The van der Waals surface area contributed by atoms with E-state index in [2.05, 4.69) is 5.32 Å². The Hall–Kier alpha value is -1.62. The first kappa shape index (κ1) is 14.4. The third kappa shape index (κ3) is 4.71. The molecule has 0 aliphatic carbocycles. The second-order valence-electron chi connectivity index (χ2n) is 3.83. The first-order chi connectivity index (χ1) is 8.65. The van der Waals surface area contributed by atoms with E-state index in [9.17, 15) is 14.3 Å². The summed E-state index contributed by atoms with van der Waals surface area (Å²) in [5, 5.41) is 12.5. The van der Waals surface area contributed by atoms with Crippen molar-refractivity contribution < 1.29 is 19.0 Å². The average Bonchev–Trinajstić information content (AvgIpc) is 2.34. The molecule has 0 fully saturated rings. The molecule has 0 bridgehead atoms. The number of hydrogen-bond donors (Lipinski definition) is 2. The van der Waals surface area contributed by atoms with Gasteiger partial charge in [0.25, 0.3) is 0 Å². The lowest BCUT2D eigenvalue weighted by Crippen LogP contribution is -2.16. The van der Waals surface area contributed by atoms with Crippen LogP contribution in [0.5, 0.6) is 5.75 Å². The molecule has 0 saturated heterocycles. The number of hydrogen-bond acceptors (Lipinski definition) is 4. The minimum atomic E-state index is -0.624. The molecule has 0 heterocycles. The Bertz CT molecular complexity index is 396. The molecule has 0 aliphatic heterocycles. The fourth-order valence-electron chi connectivity index (χ4n) is 1.52. The molecular weight excluding hydrogens is 237 g/mol. The van der Waals surface area contributed by atoms with Gasteiger partial charge in [0.2, 0.25) is 0 Å². The molecule has 2 N–H and O–H groups in total. The third-order valence-electron chi connectivity index (χ3n) is 2.43. The Morgan fingerprint density at radius 1 is 1.50 bits per heavy atom. The highest BCUT2D eigenvalue weighted by atomic mass is 19.1. The summed E-state index contributed by atoms with van der Waals surface area (Å²) in [5.41, 5.74) is 0.506. The Kier molecular flexibility index (Phi) is 6.14. The van der Waals surface area contributed by atoms with E-state index in [1.165, 1.54) is 6.07 Å². The van der Waals surface area contributed by atoms with Crippen LogP contribution in [0, 0.1) is 5.82 Å². The van der Waals surface area contributed by atoms with Gasteiger partial charge >= 0.3 is 5.97 Å². The SMILES string of the molecule is CCOC(=O)CCCNCc1cccc(F)c1O. The monoisotopic (exact) mass is 255 g/mol. The number of benzene rings is 1. The summed E-state index contributed by atoms with van der Waals surface area (Å²) in [6.45, 7) is 3.13. The number of halogens is 1. The van der Waals surface area contributed by atoms with Gasteiger partial charge in [-0.1, -0.05) is 12.1 Å². The molecule has 0 aromatic heterocycles. The van der Waals surface area contributed by atoms with Crippen LogP contribution in [-0.4, -0.2) is 24.2 Å². The molecule has 0 aliphatic rings. The normalized spacial score (nSPS) is 10.3. The van der Waals surface area contributed by atoms with Crippen LogP contribution in [0.2, 0.25) is 0 Å². The first-order valence-electron chi connectivity index (χ1n) is 5.97. The molecule has 1 aromatic rings. The fraction of sp³-hybridized carbons (Fsp3) is 0.462. The van der Waals surface area contributed by atoms with Crippen LogP contribution in [0.15, 0.2) is 18.2 Å². The van der Waals surface area contributed by atoms with Crippen molar-refractivity contribution in [2.24, 2.45) is 0 Å². The van der Waals surface area contributed by atoms with E-state index in [4.69, 9.17) is 4.74 Å². The number of phenols is 1. The molecule has 0 atom stereocenters. The Morgan fingerprint density at radius 3 is 3.00 bits per heavy atom. The van der Waals surface area contributed by atoms with Gasteiger partial charge in [-0.25, -0.2) is 4.39 Å². The molecule has 5 heteroatoms. The van der Waals surface area contributed by atoms with Gasteiger partial charge in [-0.05, 0) is 26.0 Å². The second kappa shape index (κ2) is 7.66. The standard InChI is InChI=1S/C13H18FNO3/c1-2-18-12(16)7-4-8-15-9-10-5-3-6-11(14)13(10)17/h3,5-6,15,17H,2,4,7-9H2,1H3. The summed E-state index contributed by atoms with van der Waals surface area (Å²) in [4.78, 5) is 11.0. The summed E-state index contributed by atoms with van der Waals surface area (Å²) in [6.07, 6.45) is 1.00. The topological polar surface area (TPSA) is 58.6 Å². The van der Waals surface area contributed by atoms with Crippen molar-refractivity contribution in [2.75, 3.05) is 13.2 Å². The maximum atomic E-state index is 13.0. The molecule has 0 amide bonds. The molecule has 0 radical (unpaired) electrons. The van der Waals surface area contributed by atoms with Crippen molar-refractivity contribution in [3.05, 3.63) is 29.6 Å². The van der Waals surface area contributed by atoms with Gasteiger partial charge in [0.1, 0.15) is 0 Å². The Morgan fingerprint density at radius 2 is 2.28 bits per heavy atom. The highest BCUT2D eigenvalue weighted by molar-refractivity contribution is 5.69. The lowest BCUT2D eigenvalue weighted by molar-refractivity contribution is -0.143. The van der Waals surface area contributed by atoms with Crippen molar-refractivity contribution in [1.82, 2.24) is 5.32 Å². The molecule has 18 heavy (non-hydrogen) atoms. The van der Waals surface area contributed by atoms with E-state index in [1.54, 1.807) is 19.1 Å². The molecule has 4 nitrogen and oxygen atoms in total. The summed E-state index contributed by atoms with van der Waals surface area (Å²) in [6, 6.07) is 4.40. The number of carbonyl (C=O) groups is 1. The summed E-state index contributed by atoms with van der Waals surface area (Å²) in [5.74, 6) is -1.16. The third-order valence-corrected chi connectivity index (χ3v) is 2.43. The largest absolute Gasteiger partial charge is 0.505 e. The minimum absolute atomic E-state index is 0.215. The Labute approximate surface area is 106 Å². The zero-order valence-corrected chi connectivity index (χ0v) is 10.4. The van der Waals surface area contributed by atoms with Crippen LogP contribution in [0.3, 0.4) is 0 Å². The summed E-state index contributed by atoms with van der Waals surface area (Å²) < 4.78 is 17.8. The van der Waals surface area contributed by atoms with E-state index >= 15 is 0 Å². The van der Waals surface area contributed by atoms with Crippen LogP contribution in [0.25, 0.3) is 0 Å². The lowest BCUT2D eigenvalue weighted by atomic mass is 10.2. The predicted molar refractivity (Wildman–Crippen MR) is 65.6 cm³/mol. The van der Waals surface area contributed by atoms with Crippen molar-refractivity contribution in [3.63, 3.8) is 0 Å². The molecular formula is C13H18FNO3. The first-order valence-corrected chi connectivity index (χ1v) is 5.97. The number of esters is 1. The Balaban J connectivity index is 2.22. The molecule has 0 unspecified atom stereocenters. The smallest absolute Gasteiger partial charge is 0.305 e. The van der Waals surface area contributed by atoms with E-state index in [-0.39, 0.29) is 11.7 Å². The van der Waals surface area contributed by atoms with Gasteiger partial charge < -0.3 is 15.2 Å². The van der Waals surface area contributed by atoms with Gasteiger partial charge in [0.15, 0.2) is 11.6 Å². The molecule has 1 aromatic carbocycles. The fourth-order valence-corrected chi connectivity index (χ4v) is 1.52. The minimum Gasteiger partial charge on any atom is -0.505 e. The molecule has 100 valence electrons. The van der Waals surface area contributed by atoms with E-state index < -0.39 is 5.82 Å². The van der Waals surface area contributed by atoms with Crippen LogP contribution < -0.4 is 5.32 Å². The molecule has 1 rings (SSSR count). The van der Waals surface area contributed by atoms with Gasteiger partial charge in [0, 0.05) is 18.5 Å². The second-order valence-corrected chi connectivity index (χ2v) is 3.83. The number of ether oxygens (including phenoxy) is 1. The number of carbonyl (C=O) groups excluding carboxylic acids is 1. The van der Waals surface area contributed by atoms with Crippen molar-refractivity contribution in [1.29, 1.82) is 0 Å². The van der Waals surface area contributed by atoms with Crippen LogP contribution >= 0.6 is 0 Å².